The van der Waals surface area contributed by atoms with Crippen LogP contribution < -0.4 is 32.3 Å². The summed E-state index contributed by atoms with van der Waals surface area (Å²) in [5.41, 5.74) is 6.44. The average molecular weight is 725 g/mol. The minimum absolute atomic E-state index is 0.0154. The Morgan fingerprint density at radius 3 is 2.15 bits per heavy atom. The van der Waals surface area contributed by atoms with Crippen molar-refractivity contribution >= 4 is 47.6 Å². The average Bonchev–Trinajstić information content (AvgIpc) is 3.13. The number of nitrogens with two attached hydrogens (primary N) is 1. The fourth-order valence-electron chi connectivity index (χ4n) is 5.95. The van der Waals surface area contributed by atoms with E-state index in [1.54, 1.807) is 38.1 Å². The molecule has 0 aromatic heterocycles. The lowest BCUT2D eigenvalue weighted by atomic mass is 9.82. The van der Waals surface area contributed by atoms with E-state index in [4.69, 9.17) is 10.5 Å². The van der Waals surface area contributed by atoms with Crippen LogP contribution in [-0.4, -0.2) is 66.6 Å². The number of Topliss-reactive ketones (excluding diaryl/α,β-unsaturated/α-hetero) is 1. The molecule has 0 heterocycles. The summed E-state index contributed by atoms with van der Waals surface area (Å²) in [6.45, 7) is 4.00. The van der Waals surface area contributed by atoms with Gasteiger partial charge in [-0.25, -0.2) is 9.18 Å². The number of ether oxygens (including phenoxy) is 1. The van der Waals surface area contributed by atoms with Crippen LogP contribution in [-0.2, 0) is 35.3 Å². The molecule has 52 heavy (non-hydrogen) atoms. The van der Waals surface area contributed by atoms with Crippen molar-refractivity contribution in [2.45, 2.75) is 96.4 Å². The highest BCUT2D eigenvalue weighted by atomic mass is 19.1. The van der Waals surface area contributed by atoms with E-state index >= 15 is 0 Å². The lowest BCUT2D eigenvalue weighted by Gasteiger charge is -2.27. The molecule has 2 aromatic carbocycles. The molecule has 15 heteroatoms. The summed E-state index contributed by atoms with van der Waals surface area (Å²) >= 11 is 0. The highest BCUT2D eigenvalue weighted by molar-refractivity contribution is 5.99. The van der Waals surface area contributed by atoms with Crippen molar-refractivity contribution in [2.24, 2.45) is 17.6 Å². The SMILES string of the molecule is CC(C)[C@H](NC(=O)CC[C@H](NC(=O)c1ccc(F)cc1)C(=O)C1CCCCC1)C(=O)N[C@@H](CCCNC(N)=O)C(=O)Nc1ccc(COC=O)cc1. The third kappa shape index (κ3) is 13.8. The van der Waals surface area contributed by atoms with Gasteiger partial charge in [-0.3, -0.25) is 28.8 Å². The predicted molar refractivity (Wildman–Crippen MR) is 190 cm³/mol. The van der Waals surface area contributed by atoms with Crippen LogP contribution in [0.3, 0.4) is 0 Å². The first-order valence-corrected chi connectivity index (χ1v) is 17.6. The molecule has 1 aliphatic rings. The largest absolute Gasteiger partial charge is 0.463 e. The Bertz CT molecular complexity index is 1530. The molecular formula is C37H49FN6O8. The molecule has 282 valence electrons. The van der Waals surface area contributed by atoms with Gasteiger partial charge in [-0.1, -0.05) is 45.2 Å². The first kappa shape index (κ1) is 41.1. The highest BCUT2D eigenvalue weighted by Crippen LogP contribution is 2.26. The predicted octanol–water partition coefficient (Wildman–Crippen LogP) is 3.24. The Kier molecular flexibility index (Phi) is 16.7. The van der Waals surface area contributed by atoms with Crippen LogP contribution in [0.1, 0.15) is 87.6 Å². The van der Waals surface area contributed by atoms with Crippen molar-refractivity contribution in [3.63, 3.8) is 0 Å². The number of primary amides is 1. The summed E-state index contributed by atoms with van der Waals surface area (Å²) in [4.78, 5) is 88.3. The van der Waals surface area contributed by atoms with E-state index in [-0.39, 0.29) is 49.7 Å². The summed E-state index contributed by atoms with van der Waals surface area (Å²) in [6, 6.07) is 7.67. The minimum Gasteiger partial charge on any atom is -0.463 e. The minimum atomic E-state index is -1.06. The summed E-state index contributed by atoms with van der Waals surface area (Å²) < 4.78 is 18.2. The fourth-order valence-corrected chi connectivity index (χ4v) is 5.95. The molecule has 1 fully saturated rings. The van der Waals surface area contributed by atoms with Crippen LogP contribution in [0.5, 0.6) is 0 Å². The van der Waals surface area contributed by atoms with E-state index in [1.165, 1.54) is 12.1 Å². The molecule has 1 saturated carbocycles. The topological polar surface area (TPSA) is 215 Å². The lowest BCUT2D eigenvalue weighted by Crippen LogP contribution is -2.54. The van der Waals surface area contributed by atoms with Gasteiger partial charge in [-0.05, 0) is 80.0 Å². The molecule has 3 rings (SSSR count). The number of ketones is 1. The zero-order valence-electron chi connectivity index (χ0n) is 29.6. The molecule has 1 aliphatic carbocycles. The van der Waals surface area contributed by atoms with Gasteiger partial charge in [0.2, 0.25) is 17.7 Å². The van der Waals surface area contributed by atoms with Crippen molar-refractivity contribution in [1.29, 1.82) is 0 Å². The van der Waals surface area contributed by atoms with Gasteiger partial charge in [0.15, 0.2) is 5.78 Å². The molecule has 3 atom stereocenters. The number of hydrogen-bond donors (Lipinski definition) is 6. The number of benzene rings is 2. The van der Waals surface area contributed by atoms with Crippen LogP contribution in [0.2, 0.25) is 0 Å². The molecule has 0 saturated heterocycles. The second-order valence-electron chi connectivity index (χ2n) is 13.2. The smallest absolute Gasteiger partial charge is 0.312 e. The summed E-state index contributed by atoms with van der Waals surface area (Å²) in [7, 11) is 0. The molecular weight excluding hydrogens is 675 g/mol. The van der Waals surface area contributed by atoms with Gasteiger partial charge in [0.1, 0.15) is 24.5 Å². The lowest BCUT2D eigenvalue weighted by molar-refractivity contribution is -0.132. The number of carbonyl (C=O) groups excluding carboxylic acids is 7. The number of rotatable bonds is 20. The van der Waals surface area contributed by atoms with Gasteiger partial charge in [0, 0.05) is 30.1 Å². The third-order valence-electron chi connectivity index (χ3n) is 8.83. The van der Waals surface area contributed by atoms with Crippen molar-refractivity contribution in [3.05, 3.63) is 65.5 Å². The Hall–Kier alpha value is -5.34. The second-order valence-corrected chi connectivity index (χ2v) is 13.2. The molecule has 0 radical (unpaired) electrons. The number of nitrogens with one attached hydrogen (secondary N) is 5. The summed E-state index contributed by atoms with van der Waals surface area (Å²) in [5.74, 6) is -3.57. The van der Waals surface area contributed by atoms with Gasteiger partial charge in [-0.2, -0.15) is 0 Å². The Morgan fingerprint density at radius 2 is 1.54 bits per heavy atom. The van der Waals surface area contributed by atoms with E-state index in [0.29, 0.717) is 37.0 Å². The molecule has 14 nitrogen and oxygen atoms in total. The number of carbonyl (C=O) groups is 7. The zero-order valence-corrected chi connectivity index (χ0v) is 29.6. The Labute approximate surface area is 302 Å². The number of halogens is 1. The van der Waals surface area contributed by atoms with Gasteiger partial charge in [-0.15, -0.1) is 0 Å². The van der Waals surface area contributed by atoms with Crippen LogP contribution in [0.4, 0.5) is 14.9 Å². The maximum absolute atomic E-state index is 13.6. The highest BCUT2D eigenvalue weighted by Gasteiger charge is 2.32. The van der Waals surface area contributed by atoms with Crippen LogP contribution in [0, 0.1) is 17.7 Å². The maximum atomic E-state index is 13.6. The van der Waals surface area contributed by atoms with Crippen LogP contribution >= 0.6 is 0 Å². The molecule has 7 N–H and O–H groups in total. The molecule has 6 amide bonds. The van der Waals surface area contributed by atoms with Gasteiger partial charge < -0.3 is 37.1 Å². The zero-order chi connectivity index (χ0) is 38.0. The van der Waals surface area contributed by atoms with Gasteiger partial charge in [0.05, 0.1) is 6.04 Å². The van der Waals surface area contributed by atoms with Crippen LogP contribution in [0.25, 0.3) is 0 Å². The number of hydrogen-bond acceptors (Lipinski definition) is 8. The van der Waals surface area contributed by atoms with Gasteiger partial charge >= 0.3 is 6.03 Å². The summed E-state index contributed by atoms with van der Waals surface area (Å²) in [5, 5.41) is 13.4. The van der Waals surface area contributed by atoms with E-state index in [0.717, 1.165) is 31.4 Å². The van der Waals surface area contributed by atoms with Crippen molar-refractivity contribution in [2.75, 3.05) is 11.9 Å². The number of amides is 6. The molecule has 0 aliphatic heterocycles. The standard InChI is InChI=1S/C37H49FN6O8/c1-23(2)32(36(50)43-30(9-6-20-40-37(39)51)35(49)41-28-16-10-24(11-17-28)21-52-22-45)44-31(46)19-18-29(33(47)25-7-4-3-5-8-25)42-34(48)26-12-14-27(38)15-13-26/h10-17,22-23,25,29-30,32H,3-9,18-21H2,1-2H3,(H,41,49)(H,42,48)(H,43,50)(H,44,46)(H3,39,40,51)/t29-,30-,32-/m0/s1. The van der Waals surface area contributed by atoms with Crippen molar-refractivity contribution in [1.82, 2.24) is 21.3 Å². The monoisotopic (exact) mass is 724 g/mol. The van der Waals surface area contributed by atoms with E-state index in [1.807, 2.05) is 0 Å². The van der Waals surface area contributed by atoms with E-state index in [2.05, 4.69) is 26.6 Å². The van der Waals surface area contributed by atoms with E-state index < -0.39 is 59.5 Å². The molecule has 0 unspecified atom stereocenters. The Balaban J connectivity index is 1.68. The number of urea groups is 1. The van der Waals surface area contributed by atoms with Crippen LogP contribution in [0.15, 0.2) is 48.5 Å². The normalized spacial score (nSPS) is 14.6. The van der Waals surface area contributed by atoms with Gasteiger partial charge in [0.25, 0.3) is 12.4 Å². The Morgan fingerprint density at radius 1 is 0.865 bits per heavy atom. The first-order valence-electron chi connectivity index (χ1n) is 17.6. The first-order chi connectivity index (χ1) is 24.9. The van der Waals surface area contributed by atoms with Crippen molar-refractivity contribution < 1.29 is 42.7 Å². The second kappa shape index (κ2) is 21.1. The van der Waals surface area contributed by atoms with E-state index in [9.17, 15) is 38.0 Å². The maximum Gasteiger partial charge on any atom is 0.312 e. The number of anilines is 1. The third-order valence-corrected chi connectivity index (χ3v) is 8.83. The quantitative estimate of drug-likeness (QED) is 0.0879. The molecule has 0 spiro atoms. The van der Waals surface area contributed by atoms with Crippen molar-refractivity contribution in [3.8, 4) is 0 Å². The summed E-state index contributed by atoms with van der Waals surface area (Å²) in [6.07, 6.45) is 4.42. The molecule has 0 bridgehead atoms. The molecule has 2 aromatic rings. The fraction of sp³-hybridized carbons (Fsp3) is 0.486.